The predicted octanol–water partition coefficient (Wildman–Crippen LogP) is 0.314. The zero-order valence-corrected chi connectivity index (χ0v) is 19.5. The number of benzene rings is 1. The lowest BCUT2D eigenvalue weighted by atomic mass is 9.93. The Labute approximate surface area is 190 Å². The number of hydrogen-bond donors (Lipinski definition) is 1. The molecule has 1 aliphatic rings. The van der Waals surface area contributed by atoms with E-state index in [1.807, 2.05) is 31.3 Å². The first kappa shape index (κ1) is 26.2. The molecule has 9 heteroatoms. The number of carbonyl (C=O) groups is 2. The number of amides is 2. The molecule has 0 saturated heterocycles. The molecule has 0 aliphatic carbocycles. The van der Waals surface area contributed by atoms with Crippen molar-refractivity contribution in [3.8, 4) is 0 Å². The molecular formula is C23H37N3O6. The highest BCUT2D eigenvalue weighted by atomic mass is 16.5. The number of likely N-dealkylation sites (N-methyl/N-ethyl adjacent to an activating group) is 2. The zero-order chi connectivity index (χ0) is 23.2. The van der Waals surface area contributed by atoms with Gasteiger partial charge in [-0.2, -0.15) is 0 Å². The standard InChI is InChI=1S/C23H37N3O6/c1-24-8-10-30-11-9-25(2)23(28)21-16-19-6-4-5-7-20(19)17-26(21)22(27)18-32-15-14-31-13-12-29-3/h4-7,21,24H,8-18H2,1-3H3. The van der Waals surface area contributed by atoms with E-state index in [4.69, 9.17) is 18.9 Å². The average Bonchev–Trinajstić information content (AvgIpc) is 2.81. The summed E-state index contributed by atoms with van der Waals surface area (Å²) in [5.41, 5.74) is 2.16. The summed E-state index contributed by atoms with van der Waals surface area (Å²) in [6, 6.07) is 7.38. The van der Waals surface area contributed by atoms with E-state index in [2.05, 4.69) is 5.32 Å². The second kappa shape index (κ2) is 14.9. The van der Waals surface area contributed by atoms with E-state index >= 15 is 0 Å². The molecule has 180 valence electrons. The van der Waals surface area contributed by atoms with Crippen molar-refractivity contribution in [1.82, 2.24) is 15.1 Å². The van der Waals surface area contributed by atoms with Gasteiger partial charge in [0.25, 0.3) is 0 Å². The van der Waals surface area contributed by atoms with Crippen LogP contribution in [0.5, 0.6) is 0 Å². The lowest BCUT2D eigenvalue weighted by molar-refractivity contribution is -0.149. The van der Waals surface area contributed by atoms with Crippen molar-refractivity contribution in [1.29, 1.82) is 0 Å². The van der Waals surface area contributed by atoms with Crippen molar-refractivity contribution in [3.05, 3.63) is 35.4 Å². The zero-order valence-electron chi connectivity index (χ0n) is 19.5. The molecule has 0 saturated carbocycles. The van der Waals surface area contributed by atoms with Crippen molar-refractivity contribution in [2.24, 2.45) is 0 Å². The Kier molecular flexibility index (Phi) is 12.2. The molecule has 1 aromatic carbocycles. The Morgan fingerprint density at radius 3 is 2.47 bits per heavy atom. The SMILES string of the molecule is CNCCOCCN(C)C(=O)C1Cc2ccccc2CN1C(=O)COCCOCCOC. The molecule has 2 rings (SSSR count). The fraction of sp³-hybridized carbons (Fsp3) is 0.652. The summed E-state index contributed by atoms with van der Waals surface area (Å²) < 4.78 is 21.3. The van der Waals surface area contributed by atoms with Crippen LogP contribution >= 0.6 is 0 Å². The second-order valence-corrected chi connectivity index (χ2v) is 7.64. The number of ether oxygens (including phenoxy) is 4. The van der Waals surface area contributed by atoms with E-state index in [-0.39, 0.29) is 18.4 Å². The largest absolute Gasteiger partial charge is 0.382 e. The topological polar surface area (TPSA) is 89.6 Å². The molecule has 1 N–H and O–H groups in total. The Hall–Kier alpha value is -2.04. The van der Waals surface area contributed by atoms with Gasteiger partial charge in [0.2, 0.25) is 11.8 Å². The van der Waals surface area contributed by atoms with Crippen LogP contribution in [0.2, 0.25) is 0 Å². The summed E-state index contributed by atoms with van der Waals surface area (Å²) in [7, 11) is 5.23. The summed E-state index contributed by atoms with van der Waals surface area (Å²) in [6.45, 7) is 4.28. The van der Waals surface area contributed by atoms with Crippen molar-refractivity contribution in [2.75, 3.05) is 80.5 Å². The molecule has 2 amide bonds. The van der Waals surface area contributed by atoms with Crippen LogP contribution in [0.3, 0.4) is 0 Å². The lowest BCUT2D eigenvalue weighted by Gasteiger charge is -2.37. The van der Waals surface area contributed by atoms with Crippen molar-refractivity contribution in [2.45, 2.75) is 19.0 Å². The van der Waals surface area contributed by atoms with Gasteiger partial charge in [-0.15, -0.1) is 0 Å². The molecule has 1 unspecified atom stereocenters. The first-order valence-electron chi connectivity index (χ1n) is 11.1. The quantitative estimate of drug-likeness (QED) is 0.384. The minimum absolute atomic E-state index is 0.0869. The Morgan fingerprint density at radius 2 is 1.72 bits per heavy atom. The molecule has 0 bridgehead atoms. The van der Waals surface area contributed by atoms with Crippen molar-refractivity contribution >= 4 is 11.8 Å². The Bertz CT molecular complexity index is 702. The van der Waals surface area contributed by atoms with Gasteiger partial charge < -0.3 is 34.1 Å². The molecule has 1 heterocycles. The Morgan fingerprint density at radius 1 is 1.03 bits per heavy atom. The third-order valence-corrected chi connectivity index (χ3v) is 5.33. The van der Waals surface area contributed by atoms with Gasteiger partial charge >= 0.3 is 0 Å². The number of methoxy groups -OCH3 is 1. The van der Waals surface area contributed by atoms with Gasteiger partial charge in [-0.25, -0.2) is 0 Å². The van der Waals surface area contributed by atoms with Crippen LogP contribution in [0.25, 0.3) is 0 Å². The van der Waals surface area contributed by atoms with E-state index in [0.29, 0.717) is 59.2 Å². The summed E-state index contributed by atoms with van der Waals surface area (Å²) in [6.07, 6.45) is 0.492. The fourth-order valence-electron chi connectivity index (χ4n) is 3.45. The average molecular weight is 452 g/mol. The predicted molar refractivity (Wildman–Crippen MR) is 120 cm³/mol. The van der Waals surface area contributed by atoms with Gasteiger partial charge in [-0.3, -0.25) is 9.59 Å². The van der Waals surface area contributed by atoms with Gasteiger partial charge in [0.1, 0.15) is 12.6 Å². The van der Waals surface area contributed by atoms with E-state index in [1.165, 1.54) is 0 Å². The molecule has 1 aliphatic heterocycles. The smallest absolute Gasteiger partial charge is 0.249 e. The number of fused-ring (bicyclic) bond motifs is 1. The first-order valence-corrected chi connectivity index (χ1v) is 11.1. The third kappa shape index (κ3) is 8.48. The van der Waals surface area contributed by atoms with E-state index in [0.717, 1.165) is 17.7 Å². The highest BCUT2D eigenvalue weighted by Gasteiger charge is 2.35. The van der Waals surface area contributed by atoms with Crippen LogP contribution in [-0.4, -0.2) is 108 Å². The highest BCUT2D eigenvalue weighted by molar-refractivity contribution is 5.89. The first-order chi connectivity index (χ1) is 15.6. The Balaban J connectivity index is 1.93. The molecule has 9 nitrogen and oxygen atoms in total. The molecule has 1 aromatic rings. The number of nitrogens with zero attached hydrogens (tertiary/aromatic N) is 2. The number of carbonyl (C=O) groups excluding carboxylic acids is 2. The van der Waals surface area contributed by atoms with Gasteiger partial charge in [0.15, 0.2) is 0 Å². The summed E-state index contributed by atoms with van der Waals surface area (Å²) in [5.74, 6) is -0.290. The maximum Gasteiger partial charge on any atom is 0.249 e. The molecule has 0 radical (unpaired) electrons. The van der Waals surface area contributed by atoms with Gasteiger partial charge in [-0.05, 0) is 18.2 Å². The number of hydrogen-bond acceptors (Lipinski definition) is 7. The van der Waals surface area contributed by atoms with Crippen LogP contribution in [0, 0.1) is 0 Å². The molecule has 32 heavy (non-hydrogen) atoms. The van der Waals surface area contributed by atoms with Crippen molar-refractivity contribution < 1.29 is 28.5 Å². The maximum absolute atomic E-state index is 13.2. The van der Waals surface area contributed by atoms with Crippen LogP contribution in [0.15, 0.2) is 24.3 Å². The summed E-state index contributed by atoms with van der Waals surface area (Å²) in [5, 5.41) is 3.02. The maximum atomic E-state index is 13.2. The fourth-order valence-corrected chi connectivity index (χ4v) is 3.45. The van der Waals surface area contributed by atoms with E-state index < -0.39 is 6.04 Å². The van der Waals surface area contributed by atoms with Crippen LogP contribution < -0.4 is 5.32 Å². The minimum atomic E-state index is -0.554. The third-order valence-electron chi connectivity index (χ3n) is 5.33. The van der Waals surface area contributed by atoms with Crippen molar-refractivity contribution in [3.63, 3.8) is 0 Å². The summed E-state index contributed by atoms with van der Waals surface area (Å²) >= 11 is 0. The molecule has 0 spiro atoms. The molecule has 0 fully saturated rings. The van der Waals surface area contributed by atoms with E-state index in [1.54, 1.807) is 24.0 Å². The lowest BCUT2D eigenvalue weighted by Crippen LogP contribution is -2.54. The summed E-state index contributed by atoms with van der Waals surface area (Å²) in [4.78, 5) is 29.4. The van der Waals surface area contributed by atoms with E-state index in [9.17, 15) is 9.59 Å². The van der Waals surface area contributed by atoms with Gasteiger partial charge in [0.05, 0.1) is 39.6 Å². The van der Waals surface area contributed by atoms with Crippen LogP contribution in [0.4, 0.5) is 0 Å². The highest BCUT2D eigenvalue weighted by Crippen LogP contribution is 2.24. The van der Waals surface area contributed by atoms with Gasteiger partial charge in [-0.1, -0.05) is 24.3 Å². The molecule has 0 aromatic heterocycles. The molecule has 1 atom stereocenters. The normalized spacial score (nSPS) is 15.5. The number of rotatable bonds is 15. The minimum Gasteiger partial charge on any atom is -0.382 e. The van der Waals surface area contributed by atoms with Crippen LogP contribution in [-0.2, 0) is 41.5 Å². The second-order valence-electron chi connectivity index (χ2n) is 7.64. The monoisotopic (exact) mass is 451 g/mol. The molecular weight excluding hydrogens is 414 g/mol. The number of nitrogens with one attached hydrogen (secondary N) is 1. The van der Waals surface area contributed by atoms with Crippen LogP contribution in [0.1, 0.15) is 11.1 Å². The van der Waals surface area contributed by atoms with Gasteiger partial charge in [0, 0.05) is 40.2 Å².